The van der Waals surface area contributed by atoms with E-state index in [1.807, 2.05) is 0 Å². The molecule has 3 unspecified atom stereocenters. The van der Waals surface area contributed by atoms with Gasteiger partial charge in [-0.05, 0) is 19.3 Å². The molecule has 3 atom stereocenters. The van der Waals surface area contributed by atoms with Gasteiger partial charge < -0.3 is 15.9 Å². The van der Waals surface area contributed by atoms with Gasteiger partial charge >= 0.3 is 0 Å². The van der Waals surface area contributed by atoms with Gasteiger partial charge in [-0.15, -0.1) is 0 Å². The van der Waals surface area contributed by atoms with Crippen LogP contribution in [0.15, 0.2) is 0 Å². The average Bonchev–Trinajstić information content (AvgIpc) is 1.85. The number of amides is 1. The van der Waals surface area contributed by atoms with Gasteiger partial charge in [0, 0.05) is 0 Å². The van der Waals surface area contributed by atoms with Crippen LogP contribution in [0.5, 0.6) is 0 Å². The van der Waals surface area contributed by atoms with Crippen molar-refractivity contribution < 1.29 is 15.0 Å². The van der Waals surface area contributed by atoms with Crippen LogP contribution in [0.25, 0.3) is 0 Å². The van der Waals surface area contributed by atoms with Gasteiger partial charge in [-0.1, -0.05) is 0 Å². The van der Waals surface area contributed by atoms with Crippen LogP contribution in [0.2, 0.25) is 0 Å². The second-order valence-electron chi connectivity index (χ2n) is 3.04. The maximum atomic E-state index is 10.7. The number of carbonyl (C=O) groups excluding carboxylic acids is 1. The molecule has 64 valence electrons. The van der Waals surface area contributed by atoms with Crippen LogP contribution >= 0.6 is 0 Å². The van der Waals surface area contributed by atoms with Gasteiger partial charge in [0.15, 0.2) is 0 Å². The number of rotatable bonds is 1. The summed E-state index contributed by atoms with van der Waals surface area (Å²) in [5.74, 6) is -0.928. The maximum absolute atomic E-state index is 10.7. The van der Waals surface area contributed by atoms with Gasteiger partial charge in [0.05, 0.1) is 18.1 Å². The summed E-state index contributed by atoms with van der Waals surface area (Å²) in [6.45, 7) is 0. The molecule has 1 aliphatic rings. The van der Waals surface area contributed by atoms with Crippen molar-refractivity contribution in [3.8, 4) is 0 Å². The Morgan fingerprint density at radius 2 is 2.00 bits per heavy atom. The number of aliphatic hydroxyl groups is 2. The molecule has 1 saturated carbocycles. The topological polar surface area (TPSA) is 83.6 Å². The van der Waals surface area contributed by atoms with Crippen LogP contribution in [0.4, 0.5) is 0 Å². The first-order valence-electron chi connectivity index (χ1n) is 3.76. The van der Waals surface area contributed by atoms with Crippen LogP contribution in [0.1, 0.15) is 19.3 Å². The predicted molar refractivity (Wildman–Crippen MR) is 38.5 cm³/mol. The molecule has 0 spiro atoms. The molecule has 0 bridgehead atoms. The molecular formula is C7H13NO3. The van der Waals surface area contributed by atoms with Crippen molar-refractivity contribution in [2.24, 2.45) is 11.7 Å². The van der Waals surface area contributed by atoms with E-state index in [1.165, 1.54) is 0 Å². The Morgan fingerprint density at radius 1 is 1.36 bits per heavy atom. The van der Waals surface area contributed by atoms with Crippen molar-refractivity contribution in [3.05, 3.63) is 0 Å². The molecule has 0 aromatic carbocycles. The molecule has 4 heteroatoms. The average molecular weight is 159 g/mol. The zero-order chi connectivity index (χ0) is 8.43. The first kappa shape index (κ1) is 8.49. The van der Waals surface area contributed by atoms with Crippen molar-refractivity contribution in [1.82, 2.24) is 0 Å². The number of primary amides is 1. The summed E-state index contributed by atoms with van der Waals surface area (Å²) in [6, 6.07) is 0. The molecule has 1 rings (SSSR count). The van der Waals surface area contributed by atoms with Crippen LogP contribution < -0.4 is 5.73 Å². The molecule has 0 aliphatic heterocycles. The summed E-state index contributed by atoms with van der Waals surface area (Å²) in [5, 5.41) is 18.3. The summed E-state index contributed by atoms with van der Waals surface area (Å²) in [4.78, 5) is 10.7. The van der Waals surface area contributed by atoms with Crippen LogP contribution in [-0.4, -0.2) is 28.3 Å². The lowest BCUT2D eigenvalue weighted by Crippen LogP contribution is -2.39. The quantitative estimate of drug-likeness (QED) is 0.458. The van der Waals surface area contributed by atoms with Crippen LogP contribution in [0.3, 0.4) is 0 Å². The van der Waals surface area contributed by atoms with Crippen molar-refractivity contribution in [2.45, 2.75) is 31.5 Å². The fourth-order valence-electron chi connectivity index (χ4n) is 1.46. The maximum Gasteiger partial charge on any atom is 0.223 e. The Labute approximate surface area is 65.0 Å². The Morgan fingerprint density at radius 3 is 2.45 bits per heavy atom. The third-order valence-electron chi connectivity index (χ3n) is 2.15. The predicted octanol–water partition coefficient (Wildman–Crippen LogP) is -1.01. The van der Waals surface area contributed by atoms with Gasteiger partial charge in [0.25, 0.3) is 0 Å². The fourth-order valence-corrected chi connectivity index (χ4v) is 1.46. The molecule has 0 aromatic rings. The number of hydrogen-bond donors (Lipinski definition) is 3. The second kappa shape index (κ2) is 3.19. The van der Waals surface area contributed by atoms with Crippen LogP contribution in [-0.2, 0) is 4.79 Å². The first-order chi connectivity index (χ1) is 5.11. The third-order valence-corrected chi connectivity index (χ3v) is 2.15. The molecule has 1 amide bonds. The van der Waals surface area contributed by atoms with E-state index in [9.17, 15) is 9.90 Å². The van der Waals surface area contributed by atoms with Gasteiger partial charge in [-0.3, -0.25) is 4.79 Å². The normalized spacial score (nSPS) is 38.5. The van der Waals surface area contributed by atoms with E-state index in [-0.39, 0.29) is 6.42 Å². The molecule has 4 N–H and O–H groups in total. The van der Waals surface area contributed by atoms with Crippen molar-refractivity contribution in [2.75, 3.05) is 0 Å². The summed E-state index contributed by atoms with van der Waals surface area (Å²) in [6.07, 6.45) is 0.104. The summed E-state index contributed by atoms with van der Waals surface area (Å²) < 4.78 is 0. The zero-order valence-corrected chi connectivity index (χ0v) is 6.23. The van der Waals surface area contributed by atoms with E-state index in [0.717, 1.165) is 0 Å². The highest BCUT2D eigenvalue weighted by atomic mass is 16.3. The molecular weight excluding hydrogens is 146 g/mol. The van der Waals surface area contributed by atoms with Gasteiger partial charge in [-0.25, -0.2) is 0 Å². The SMILES string of the molecule is NC(=O)C1CCC(O)CC1O. The Bertz CT molecular complexity index is 160. The standard InChI is InChI=1S/C7H13NO3/c8-7(11)5-2-1-4(9)3-6(5)10/h4-6,9-10H,1-3H2,(H2,8,11). The fraction of sp³-hybridized carbons (Fsp3) is 0.857. The lowest BCUT2D eigenvalue weighted by atomic mass is 9.84. The Hall–Kier alpha value is -0.610. The highest BCUT2D eigenvalue weighted by Gasteiger charge is 2.31. The molecule has 1 aliphatic carbocycles. The van der Waals surface area contributed by atoms with E-state index in [4.69, 9.17) is 10.8 Å². The van der Waals surface area contributed by atoms with Crippen molar-refractivity contribution in [3.63, 3.8) is 0 Å². The highest BCUT2D eigenvalue weighted by Crippen LogP contribution is 2.24. The van der Waals surface area contributed by atoms with Crippen LogP contribution in [0, 0.1) is 5.92 Å². The Balaban J connectivity index is 2.50. The molecule has 4 nitrogen and oxygen atoms in total. The third kappa shape index (κ3) is 1.91. The monoisotopic (exact) mass is 159 g/mol. The second-order valence-corrected chi connectivity index (χ2v) is 3.04. The lowest BCUT2D eigenvalue weighted by molar-refractivity contribution is -0.128. The molecule has 11 heavy (non-hydrogen) atoms. The van der Waals surface area contributed by atoms with E-state index in [1.54, 1.807) is 0 Å². The lowest BCUT2D eigenvalue weighted by Gasteiger charge is -2.28. The molecule has 0 heterocycles. The molecule has 0 radical (unpaired) electrons. The van der Waals surface area contributed by atoms with E-state index < -0.39 is 24.0 Å². The van der Waals surface area contributed by atoms with E-state index in [0.29, 0.717) is 12.8 Å². The van der Waals surface area contributed by atoms with Crippen molar-refractivity contribution in [1.29, 1.82) is 0 Å². The van der Waals surface area contributed by atoms with Gasteiger partial charge in [0.2, 0.25) is 5.91 Å². The minimum Gasteiger partial charge on any atom is -0.393 e. The first-order valence-corrected chi connectivity index (χ1v) is 3.76. The summed E-state index contributed by atoms with van der Waals surface area (Å²) >= 11 is 0. The summed E-state index contributed by atoms with van der Waals surface area (Å²) in [5.41, 5.74) is 5.02. The van der Waals surface area contributed by atoms with Crippen molar-refractivity contribution >= 4 is 5.91 Å². The number of carbonyl (C=O) groups is 1. The number of nitrogens with two attached hydrogens (primary N) is 1. The largest absolute Gasteiger partial charge is 0.393 e. The molecule has 0 saturated heterocycles. The van der Waals surface area contributed by atoms with E-state index in [2.05, 4.69) is 0 Å². The highest BCUT2D eigenvalue weighted by molar-refractivity contribution is 5.77. The zero-order valence-electron chi connectivity index (χ0n) is 6.23. The summed E-state index contributed by atoms with van der Waals surface area (Å²) in [7, 11) is 0. The number of hydrogen-bond acceptors (Lipinski definition) is 3. The van der Waals surface area contributed by atoms with Gasteiger partial charge in [0.1, 0.15) is 0 Å². The van der Waals surface area contributed by atoms with E-state index >= 15 is 0 Å². The minimum atomic E-state index is -0.753. The number of aliphatic hydroxyl groups excluding tert-OH is 2. The minimum absolute atomic E-state index is 0.271. The Kier molecular flexibility index (Phi) is 2.46. The smallest absolute Gasteiger partial charge is 0.223 e. The van der Waals surface area contributed by atoms with Gasteiger partial charge in [-0.2, -0.15) is 0 Å². The molecule has 1 fully saturated rings. The molecule has 0 aromatic heterocycles.